The molecule has 2 rings (SSSR count). The van der Waals surface area contributed by atoms with E-state index in [2.05, 4.69) is 10.3 Å². The Morgan fingerprint density at radius 3 is 2.81 bits per heavy atom. The van der Waals surface area contributed by atoms with Crippen molar-refractivity contribution in [2.75, 3.05) is 32.7 Å². The molecule has 1 fully saturated rings. The summed E-state index contributed by atoms with van der Waals surface area (Å²) in [5, 5.41) is 3.11. The van der Waals surface area contributed by atoms with Gasteiger partial charge in [-0.2, -0.15) is 0 Å². The van der Waals surface area contributed by atoms with Gasteiger partial charge >= 0.3 is 0 Å². The third-order valence-electron chi connectivity index (χ3n) is 4.18. The van der Waals surface area contributed by atoms with E-state index in [9.17, 15) is 0 Å². The van der Waals surface area contributed by atoms with Crippen LogP contribution in [0, 0.1) is 5.41 Å². The van der Waals surface area contributed by atoms with Gasteiger partial charge in [0, 0.05) is 32.0 Å². The number of hydrogen-bond acceptors (Lipinski definition) is 3. The van der Waals surface area contributed by atoms with Crippen LogP contribution in [0.25, 0.3) is 0 Å². The molecule has 5 nitrogen and oxygen atoms in total. The summed E-state index contributed by atoms with van der Waals surface area (Å²) in [5.74, 6) is 1.25. The minimum absolute atomic E-state index is 0.288. The summed E-state index contributed by atoms with van der Waals surface area (Å²) < 4.78 is 10.4. The van der Waals surface area contributed by atoms with Gasteiger partial charge in [0.1, 0.15) is 5.75 Å². The minimum Gasteiger partial charge on any atom is -0.497 e. The van der Waals surface area contributed by atoms with Crippen LogP contribution in [0.2, 0.25) is 0 Å². The highest BCUT2D eigenvalue weighted by Gasteiger charge is 2.36. The van der Waals surface area contributed by atoms with Crippen molar-refractivity contribution in [3.63, 3.8) is 0 Å². The van der Waals surface area contributed by atoms with Crippen molar-refractivity contribution < 1.29 is 9.47 Å². The quantitative estimate of drug-likeness (QED) is 0.598. The molecule has 1 aromatic rings. The van der Waals surface area contributed by atoms with Crippen LogP contribution >= 0.6 is 0 Å². The number of ether oxygens (including phenoxy) is 2. The maximum atomic E-state index is 5.98. The molecule has 1 saturated carbocycles. The van der Waals surface area contributed by atoms with E-state index in [0.29, 0.717) is 5.96 Å². The molecule has 21 heavy (non-hydrogen) atoms. The van der Waals surface area contributed by atoms with E-state index >= 15 is 0 Å². The Balaban J connectivity index is 1.91. The normalized spacial score (nSPS) is 17.1. The standard InChI is InChI=1S/C16H25N3O2/c1-20-10-9-16(7-4-8-16)12-18-15(17)19-13-5-3-6-14(11-13)21-2/h3,5-6,11H,4,7-10,12H2,1-2H3,(H3,17,18,19). The molecule has 0 spiro atoms. The molecule has 0 atom stereocenters. The highest BCUT2D eigenvalue weighted by molar-refractivity contribution is 5.92. The van der Waals surface area contributed by atoms with Gasteiger partial charge < -0.3 is 20.5 Å². The van der Waals surface area contributed by atoms with Crippen molar-refractivity contribution >= 4 is 11.6 Å². The summed E-state index contributed by atoms with van der Waals surface area (Å²) in [6.45, 7) is 1.55. The van der Waals surface area contributed by atoms with Crippen LogP contribution in [0.4, 0.5) is 5.69 Å². The van der Waals surface area contributed by atoms with E-state index in [1.54, 1.807) is 14.2 Å². The van der Waals surface area contributed by atoms with E-state index in [0.717, 1.165) is 31.0 Å². The third kappa shape index (κ3) is 4.36. The molecule has 3 N–H and O–H groups in total. The number of benzene rings is 1. The fourth-order valence-corrected chi connectivity index (χ4v) is 2.62. The third-order valence-corrected chi connectivity index (χ3v) is 4.18. The molecule has 0 heterocycles. The monoisotopic (exact) mass is 291 g/mol. The van der Waals surface area contributed by atoms with E-state index < -0.39 is 0 Å². The molecule has 0 aromatic heterocycles. The zero-order valence-corrected chi connectivity index (χ0v) is 12.9. The minimum atomic E-state index is 0.288. The van der Waals surface area contributed by atoms with E-state index in [1.165, 1.54) is 19.3 Å². The summed E-state index contributed by atoms with van der Waals surface area (Å²) in [7, 11) is 3.39. The van der Waals surface area contributed by atoms with Gasteiger partial charge in [0.05, 0.1) is 7.11 Å². The molecule has 0 radical (unpaired) electrons. The molecule has 0 unspecified atom stereocenters. The Morgan fingerprint density at radius 1 is 1.38 bits per heavy atom. The number of rotatable bonds is 7. The molecule has 116 valence electrons. The van der Waals surface area contributed by atoms with Gasteiger partial charge in [-0.3, -0.25) is 4.99 Å². The van der Waals surface area contributed by atoms with E-state index in [1.807, 2.05) is 24.3 Å². The van der Waals surface area contributed by atoms with Crippen molar-refractivity contribution in [3.05, 3.63) is 24.3 Å². The number of nitrogens with two attached hydrogens (primary N) is 1. The first-order valence-electron chi connectivity index (χ1n) is 7.37. The molecule has 1 aromatic carbocycles. The van der Waals surface area contributed by atoms with E-state index in [4.69, 9.17) is 15.2 Å². The second-order valence-corrected chi connectivity index (χ2v) is 5.65. The topological polar surface area (TPSA) is 68.9 Å². The highest BCUT2D eigenvalue weighted by atomic mass is 16.5. The fraction of sp³-hybridized carbons (Fsp3) is 0.562. The molecule has 0 bridgehead atoms. The zero-order valence-electron chi connectivity index (χ0n) is 12.9. The summed E-state index contributed by atoms with van der Waals surface area (Å²) >= 11 is 0. The summed E-state index contributed by atoms with van der Waals surface area (Å²) in [6.07, 6.45) is 4.76. The predicted molar refractivity (Wildman–Crippen MR) is 85.9 cm³/mol. The van der Waals surface area contributed by atoms with Crippen LogP contribution in [-0.2, 0) is 4.74 Å². The van der Waals surface area contributed by atoms with Crippen molar-refractivity contribution in [2.45, 2.75) is 25.7 Å². The van der Waals surface area contributed by atoms with Crippen molar-refractivity contribution in [1.29, 1.82) is 0 Å². The van der Waals surface area contributed by atoms with Crippen LogP contribution < -0.4 is 15.8 Å². The number of aliphatic imine (C=N–C) groups is 1. The maximum absolute atomic E-state index is 5.98. The van der Waals surface area contributed by atoms with Gasteiger partial charge in [-0.1, -0.05) is 12.5 Å². The lowest BCUT2D eigenvalue weighted by molar-refractivity contribution is 0.0780. The first-order valence-corrected chi connectivity index (χ1v) is 7.37. The van der Waals surface area contributed by atoms with Crippen molar-refractivity contribution in [3.8, 4) is 5.75 Å². The summed E-state index contributed by atoms with van der Waals surface area (Å²) in [6, 6.07) is 7.65. The molecule has 0 aliphatic heterocycles. The second-order valence-electron chi connectivity index (χ2n) is 5.65. The largest absolute Gasteiger partial charge is 0.497 e. The number of anilines is 1. The van der Waals surface area contributed by atoms with Gasteiger partial charge in [0.2, 0.25) is 0 Å². The zero-order chi connectivity index (χ0) is 15.1. The predicted octanol–water partition coefficient (Wildman–Crippen LogP) is 2.63. The number of nitrogens with one attached hydrogen (secondary N) is 1. The lowest BCUT2D eigenvalue weighted by Gasteiger charge is -2.40. The molecule has 1 aliphatic rings. The average molecular weight is 291 g/mol. The smallest absolute Gasteiger partial charge is 0.193 e. The molecular weight excluding hydrogens is 266 g/mol. The SMILES string of the molecule is COCCC1(CN=C(N)Nc2cccc(OC)c2)CCC1. The fourth-order valence-electron chi connectivity index (χ4n) is 2.62. The summed E-state index contributed by atoms with van der Waals surface area (Å²) in [4.78, 5) is 4.51. The Hall–Kier alpha value is -1.75. The van der Waals surface area contributed by atoms with Crippen LogP contribution in [0.1, 0.15) is 25.7 Å². The molecule has 0 amide bonds. The maximum Gasteiger partial charge on any atom is 0.193 e. The number of methoxy groups -OCH3 is 2. The van der Waals surface area contributed by atoms with Gasteiger partial charge in [-0.05, 0) is 36.8 Å². The molecule has 5 heteroatoms. The number of nitrogens with zero attached hydrogens (tertiary/aromatic N) is 1. The van der Waals surface area contributed by atoms with E-state index in [-0.39, 0.29) is 5.41 Å². The Labute approximate surface area is 126 Å². The first kappa shape index (κ1) is 15.6. The molecule has 1 aliphatic carbocycles. The lowest BCUT2D eigenvalue weighted by atomic mass is 9.67. The Kier molecular flexibility index (Phi) is 5.44. The average Bonchev–Trinajstić information content (AvgIpc) is 2.46. The van der Waals surface area contributed by atoms with Gasteiger partial charge in [0.15, 0.2) is 5.96 Å². The lowest BCUT2D eigenvalue weighted by Crippen LogP contribution is -2.35. The van der Waals surface area contributed by atoms with Crippen molar-refractivity contribution in [1.82, 2.24) is 0 Å². The second kappa shape index (κ2) is 7.31. The Morgan fingerprint density at radius 2 is 2.19 bits per heavy atom. The molecule has 0 saturated heterocycles. The summed E-state index contributed by atoms with van der Waals surface area (Å²) in [5.41, 5.74) is 7.15. The number of hydrogen-bond donors (Lipinski definition) is 2. The number of guanidine groups is 1. The highest BCUT2D eigenvalue weighted by Crippen LogP contribution is 2.44. The van der Waals surface area contributed by atoms with Crippen LogP contribution in [-0.4, -0.2) is 33.3 Å². The van der Waals surface area contributed by atoms with Gasteiger partial charge in [-0.15, -0.1) is 0 Å². The first-order chi connectivity index (χ1) is 10.2. The van der Waals surface area contributed by atoms with Crippen LogP contribution in [0.3, 0.4) is 0 Å². The van der Waals surface area contributed by atoms with Gasteiger partial charge in [0.25, 0.3) is 0 Å². The molecular formula is C16H25N3O2. The van der Waals surface area contributed by atoms with Gasteiger partial charge in [-0.25, -0.2) is 0 Å². The van der Waals surface area contributed by atoms with Crippen LogP contribution in [0.15, 0.2) is 29.3 Å². The Bertz CT molecular complexity index is 484. The van der Waals surface area contributed by atoms with Crippen LogP contribution in [0.5, 0.6) is 5.75 Å². The van der Waals surface area contributed by atoms with Crippen molar-refractivity contribution in [2.24, 2.45) is 16.1 Å².